The average molecular weight is 1700 g/mol. The molecular formula is C81H73Br3N8O13S3. The lowest BCUT2D eigenvalue weighted by Crippen LogP contribution is -2.39. The van der Waals surface area contributed by atoms with Crippen LogP contribution in [0.1, 0.15) is 96.2 Å². The summed E-state index contributed by atoms with van der Waals surface area (Å²) in [7, 11) is -7.64. The van der Waals surface area contributed by atoms with Crippen molar-refractivity contribution in [3.8, 4) is 11.1 Å². The summed E-state index contributed by atoms with van der Waals surface area (Å²) in [5.74, 6) is 1.35. The highest BCUT2D eigenvalue weighted by atomic mass is 79.9. The molecule has 13 aromatic rings. The van der Waals surface area contributed by atoms with Crippen LogP contribution in [0.5, 0.6) is 0 Å². The summed E-state index contributed by atoms with van der Waals surface area (Å²) in [5, 5.41) is 2.91. The molecule has 9 aromatic carbocycles. The molecule has 5 aliphatic rings. The minimum absolute atomic E-state index is 0. The van der Waals surface area contributed by atoms with Crippen molar-refractivity contribution in [3.63, 3.8) is 0 Å². The summed E-state index contributed by atoms with van der Waals surface area (Å²) < 4.78 is 133. The Morgan fingerprint density at radius 1 is 0.481 bits per heavy atom. The first-order valence-electron chi connectivity index (χ1n) is 33.7. The number of benzene rings is 9. The zero-order chi connectivity index (χ0) is 73.6. The molecule has 0 amide bonds. The van der Waals surface area contributed by atoms with E-state index >= 15 is 0 Å². The molecule has 0 spiro atoms. The van der Waals surface area contributed by atoms with Crippen molar-refractivity contribution in [2.24, 2.45) is 13.2 Å². The first-order chi connectivity index (χ1) is 51.1. The highest BCUT2D eigenvalue weighted by molar-refractivity contribution is 9.11. The largest absolute Gasteiger partial charge is 0.452 e. The maximum Gasteiger partial charge on any atom is 0.345 e. The average Bonchev–Trinajstić information content (AvgIpc) is 1.55. The van der Waals surface area contributed by atoms with E-state index in [4.69, 9.17) is 32.9 Å². The van der Waals surface area contributed by atoms with E-state index < -0.39 is 30.6 Å². The van der Waals surface area contributed by atoms with Gasteiger partial charge in [-0.25, -0.2) is 8.61 Å². The van der Waals surface area contributed by atoms with Crippen molar-refractivity contribution in [3.05, 3.63) is 283 Å². The molecule has 21 nitrogen and oxygen atoms in total. The molecule has 0 aliphatic carbocycles. The first-order valence-corrected chi connectivity index (χ1v) is 40.3. The number of anilines is 4. The first kappa shape index (κ1) is 76.4. The number of hydrogen-bond acceptors (Lipinski definition) is 15. The fraction of sp³-hybridized carbons (Fsp3) is 0.185. The molecule has 5 aliphatic heterocycles. The Hall–Kier alpha value is -9.81. The predicted molar refractivity (Wildman–Crippen MR) is 438 cm³/mol. The number of nitrogens with zero attached hydrogens (tertiary/aromatic N) is 6. The number of fused-ring (bicyclic) bond motifs is 10. The second-order valence-electron chi connectivity index (χ2n) is 25.8. The van der Waals surface area contributed by atoms with Crippen molar-refractivity contribution in [2.45, 2.75) is 59.3 Å². The van der Waals surface area contributed by atoms with E-state index in [9.17, 15) is 30.0 Å². The maximum atomic E-state index is 13.6. The van der Waals surface area contributed by atoms with Gasteiger partial charge in [0.2, 0.25) is 5.78 Å². The number of ketones is 1. The minimum Gasteiger partial charge on any atom is -0.452 e. The van der Waals surface area contributed by atoms with Crippen molar-refractivity contribution < 1.29 is 57.2 Å². The lowest BCUT2D eigenvalue weighted by atomic mass is 10.0. The SMILES string of the molecule is C.C.CN(C)Cc1ccc(-c2ccc3oc4c(c3c2)N(CC2CCCO2)S(=O)(=O)N=C4c2ccccc2)cc1.Nc1c(C(=O)c2ccccc2)oc2ccc(Br)cc12.O=S1(=O)N=C(c2ccccc2)c2oc3ccc(Br)cc3c2N1.O=S1(=O)N=C(c2ccccc2)c2oc3ccc(Br)cc3c2N1CC1CCCO1. The minimum atomic E-state index is -4.00. The molecule has 2 fully saturated rings. The van der Waals surface area contributed by atoms with E-state index in [2.05, 4.69) is 94.9 Å². The highest BCUT2D eigenvalue weighted by Gasteiger charge is 2.41. The quantitative estimate of drug-likeness (QED) is 0.108. The van der Waals surface area contributed by atoms with E-state index in [1.54, 1.807) is 36.4 Å². The van der Waals surface area contributed by atoms with Crippen LogP contribution in [-0.4, -0.2) is 106 Å². The van der Waals surface area contributed by atoms with Crippen molar-refractivity contribution in [1.82, 2.24) is 4.90 Å². The van der Waals surface area contributed by atoms with Crippen molar-refractivity contribution in [1.29, 1.82) is 0 Å². The molecule has 0 saturated carbocycles. The second-order valence-corrected chi connectivity index (χ2v) is 32.9. The molecule has 0 bridgehead atoms. The lowest BCUT2D eigenvalue weighted by Gasteiger charge is -2.28. The Bertz CT molecular complexity index is 5980. The Morgan fingerprint density at radius 2 is 0.889 bits per heavy atom. The van der Waals surface area contributed by atoms with Gasteiger partial charge in [-0.05, 0) is 123 Å². The number of rotatable bonds is 12. The second kappa shape index (κ2) is 31.8. The molecular weight excluding hydrogens is 1630 g/mol. The molecule has 4 aromatic heterocycles. The topological polar surface area (TPSA) is 275 Å². The molecule has 18 rings (SSSR count). The van der Waals surface area contributed by atoms with Crippen LogP contribution in [0.2, 0.25) is 0 Å². The third-order valence-electron chi connectivity index (χ3n) is 18.1. The molecule has 2 saturated heterocycles. The standard InChI is InChI=1S/C29H29N3O4S.C20H17BrN2O4S.C15H9BrN2O3S.C15H10BrNO2.2CH4/c1-31(2)18-20-10-12-21(13-11-20)23-14-15-26-25(17-23)28-29(36-26)27(22-7-4-3-5-8-22)30-37(33,34)32(28)19-24-9-6-16-35-24;21-14-8-9-17-16(11-14)19-20(27-17)18(13-5-2-1-3-6-13)22-28(24,25)23(19)12-15-7-4-10-26-15;16-10-6-7-12-11(8-10)14-15(21-12)13(17-22(19,20)18-14)9-4-2-1-3-5-9;16-10-6-7-12-11(8-10)13(17)15(19-12)14(18)9-4-2-1-3-5-9;;/h3-5,7-8,10-15,17,24H,6,9,16,18-19H2,1-2H3;1-3,5-6,8-9,11,15H,4,7,10,12H2;1-8,18H;1-8H,17H2;2*1H4. The van der Waals surface area contributed by atoms with Gasteiger partial charge >= 0.3 is 30.6 Å². The van der Waals surface area contributed by atoms with E-state index in [1.807, 2.05) is 172 Å². The number of nitrogen functional groups attached to an aromatic ring is 1. The van der Waals surface area contributed by atoms with Crippen LogP contribution in [0, 0.1) is 0 Å². The highest BCUT2D eigenvalue weighted by Crippen LogP contribution is 2.45. The van der Waals surface area contributed by atoms with Crippen LogP contribution < -0.4 is 19.1 Å². The zero-order valence-corrected chi connectivity index (χ0v) is 63.9. The van der Waals surface area contributed by atoms with Crippen LogP contribution in [0.15, 0.2) is 263 Å². The third-order valence-corrected chi connectivity index (χ3v) is 23.1. The van der Waals surface area contributed by atoms with Crippen LogP contribution in [0.4, 0.5) is 22.7 Å². The lowest BCUT2D eigenvalue weighted by molar-refractivity contribution is 0.101. The number of hydrogen-bond donors (Lipinski definition) is 2. The molecule has 2 unspecified atom stereocenters. The van der Waals surface area contributed by atoms with Gasteiger partial charge in [0, 0.05) is 77.0 Å². The molecule has 108 heavy (non-hydrogen) atoms. The van der Waals surface area contributed by atoms with Crippen LogP contribution in [0.3, 0.4) is 0 Å². The summed E-state index contributed by atoms with van der Waals surface area (Å²) >= 11 is 10.2. The fourth-order valence-electron chi connectivity index (χ4n) is 13.2. The number of halogens is 3. The number of carbonyl (C=O) groups excluding carboxylic acids is 1. The van der Waals surface area contributed by atoms with E-state index in [0.29, 0.717) is 120 Å². The predicted octanol–water partition coefficient (Wildman–Crippen LogP) is 18.5. The summed E-state index contributed by atoms with van der Waals surface area (Å²) in [6.45, 7) is 2.60. The van der Waals surface area contributed by atoms with Gasteiger partial charge in [0.15, 0.2) is 23.0 Å². The smallest absolute Gasteiger partial charge is 0.345 e. The summed E-state index contributed by atoms with van der Waals surface area (Å²) in [6.07, 6.45) is 3.18. The molecule has 0 radical (unpaired) electrons. The van der Waals surface area contributed by atoms with Crippen molar-refractivity contribution in [2.75, 3.05) is 59.5 Å². The normalized spacial score (nSPS) is 17.0. The number of nitrogens with two attached hydrogens (primary N) is 1. The molecule has 9 heterocycles. The monoisotopic (exact) mass is 1700 g/mol. The van der Waals surface area contributed by atoms with Gasteiger partial charge < -0.3 is 37.8 Å². The number of carbonyl (C=O) groups is 1. The Morgan fingerprint density at radius 3 is 1.36 bits per heavy atom. The van der Waals surface area contributed by atoms with Crippen LogP contribution in [-0.2, 0) is 46.6 Å². The molecule has 27 heteroatoms. The molecule has 554 valence electrons. The number of ether oxygens (including phenoxy) is 2. The summed E-state index contributed by atoms with van der Waals surface area (Å²) in [5.41, 5.74) is 17.2. The van der Waals surface area contributed by atoms with E-state index in [0.717, 1.165) is 72.9 Å². The zero-order valence-electron chi connectivity index (χ0n) is 56.7. The Kier molecular flexibility index (Phi) is 22.5. The molecule has 2 atom stereocenters. The Balaban J connectivity index is 0.000000130. The van der Waals surface area contributed by atoms with Gasteiger partial charge in [0.05, 0.1) is 31.0 Å². The van der Waals surface area contributed by atoms with Crippen LogP contribution in [0.25, 0.3) is 55.0 Å². The number of furan rings is 4. The van der Waals surface area contributed by atoms with Crippen LogP contribution >= 0.6 is 47.8 Å². The summed E-state index contributed by atoms with van der Waals surface area (Å²) in [6, 6.07) is 67.5. The summed E-state index contributed by atoms with van der Waals surface area (Å²) in [4.78, 5) is 14.5. The van der Waals surface area contributed by atoms with Gasteiger partial charge in [-0.2, -0.15) is 25.3 Å². The maximum absolute atomic E-state index is 13.6. The van der Waals surface area contributed by atoms with Gasteiger partial charge in [0.25, 0.3) is 0 Å². The van der Waals surface area contributed by atoms with Crippen molar-refractivity contribution >= 4 is 168 Å². The Labute approximate surface area is 650 Å². The van der Waals surface area contributed by atoms with Gasteiger partial charge in [0.1, 0.15) is 56.5 Å². The van der Waals surface area contributed by atoms with Gasteiger partial charge in [-0.3, -0.25) is 9.52 Å². The molecule has 3 N–H and O–H groups in total. The van der Waals surface area contributed by atoms with E-state index in [-0.39, 0.29) is 51.7 Å². The number of nitrogens with one attached hydrogen (secondary N) is 1. The van der Waals surface area contributed by atoms with Gasteiger partial charge in [-0.1, -0.05) is 214 Å². The van der Waals surface area contributed by atoms with E-state index in [1.165, 1.54) is 14.2 Å². The fourth-order valence-corrected chi connectivity index (χ4v) is 17.8. The van der Waals surface area contributed by atoms with Gasteiger partial charge in [-0.15, -0.1) is 13.2 Å². The third kappa shape index (κ3) is 15.9.